The summed E-state index contributed by atoms with van der Waals surface area (Å²) < 4.78 is 5.75. The minimum atomic E-state index is 0.529. The number of nitrogens with zero attached hydrogens (tertiary/aromatic N) is 3. The van der Waals surface area contributed by atoms with Gasteiger partial charge in [0.15, 0.2) is 5.76 Å². The Kier molecular flexibility index (Phi) is 2.73. The number of hydrogen-bond acceptors (Lipinski definition) is 5. The molecule has 0 aliphatic carbocycles. The fourth-order valence-electron chi connectivity index (χ4n) is 0.903. The third-order valence-corrected chi connectivity index (χ3v) is 1.94. The predicted molar refractivity (Wildman–Crippen MR) is 53.6 cm³/mol. The molecule has 5 nitrogen and oxygen atoms in total. The van der Waals surface area contributed by atoms with Crippen molar-refractivity contribution in [3.8, 4) is 0 Å². The third kappa shape index (κ3) is 2.29. The molecule has 2 aromatic rings. The summed E-state index contributed by atoms with van der Waals surface area (Å²) in [5.41, 5.74) is 0. The van der Waals surface area contributed by atoms with E-state index in [4.69, 9.17) is 4.52 Å². The van der Waals surface area contributed by atoms with Crippen LogP contribution in [0.4, 0.5) is 5.95 Å². The van der Waals surface area contributed by atoms with E-state index in [-0.39, 0.29) is 0 Å². The highest BCUT2D eigenvalue weighted by molar-refractivity contribution is 9.10. The lowest BCUT2D eigenvalue weighted by molar-refractivity contribution is 0.388. The lowest BCUT2D eigenvalue weighted by Gasteiger charge is -2.00. The van der Waals surface area contributed by atoms with Crippen molar-refractivity contribution >= 4 is 21.9 Å². The Morgan fingerprint density at radius 2 is 2.14 bits per heavy atom. The smallest absolute Gasteiger partial charge is 0.223 e. The van der Waals surface area contributed by atoms with Crippen molar-refractivity contribution in [1.82, 2.24) is 15.1 Å². The minimum Gasteiger partial charge on any atom is -0.360 e. The standard InChI is InChI=1S/C8H7BrN4O/c9-6-3-10-8(11-4-6)12-5-7-1-2-13-14-7/h1-4H,5H2,(H,10,11,12). The highest BCUT2D eigenvalue weighted by Crippen LogP contribution is 2.07. The Morgan fingerprint density at radius 1 is 1.36 bits per heavy atom. The number of hydrogen-bond donors (Lipinski definition) is 1. The minimum absolute atomic E-state index is 0.529. The second-order valence-corrected chi connectivity index (χ2v) is 3.47. The van der Waals surface area contributed by atoms with Crippen molar-refractivity contribution in [3.63, 3.8) is 0 Å². The molecule has 0 atom stereocenters. The number of aromatic nitrogens is 3. The van der Waals surface area contributed by atoms with Gasteiger partial charge >= 0.3 is 0 Å². The highest BCUT2D eigenvalue weighted by atomic mass is 79.9. The van der Waals surface area contributed by atoms with Crippen molar-refractivity contribution in [2.75, 3.05) is 5.32 Å². The molecule has 6 heteroatoms. The molecule has 0 spiro atoms. The Hall–Kier alpha value is -1.43. The molecule has 0 aliphatic rings. The Balaban J connectivity index is 1.95. The van der Waals surface area contributed by atoms with Crippen LogP contribution in [0.2, 0.25) is 0 Å². The van der Waals surface area contributed by atoms with Crippen LogP contribution in [0, 0.1) is 0 Å². The molecule has 0 saturated heterocycles. The van der Waals surface area contributed by atoms with E-state index < -0.39 is 0 Å². The first-order chi connectivity index (χ1) is 6.84. The zero-order valence-electron chi connectivity index (χ0n) is 7.14. The molecule has 0 unspecified atom stereocenters. The average Bonchev–Trinajstić information content (AvgIpc) is 2.70. The molecule has 0 bridgehead atoms. The molecule has 72 valence electrons. The van der Waals surface area contributed by atoms with Gasteiger partial charge in [0.1, 0.15) is 0 Å². The van der Waals surface area contributed by atoms with Crippen LogP contribution in [0.1, 0.15) is 5.76 Å². The normalized spacial score (nSPS) is 10.1. The van der Waals surface area contributed by atoms with E-state index in [0.717, 1.165) is 10.2 Å². The van der Waals surface area contributed by atoms with Crippen LogP contribution in [0.25, 0.3) is 0 Å². The summed E-state index contributed by atoms with van der Waals surface area (Å²) in [7, 11) is 0. The van der Waals surface area contributed by atoms with Gasteiger partial charge in [0.25, 0.3) is 0 Å². The van der Waals surface area contributed by atoms with Crippen LogP contribution in [0.15, 0.2) is 33.7 Å². The Morgan fingerprint density at radius 3 is 2.79 bits per heavy atom. The van der Waals surface area contributed by atoms with Crippen LogP contribution in [0.5, 0.6) is 0 Å². The summed E-state index contributed by atoms with van der Waals surface area (Å²) in [4.78, 5) is 8.09. The van der Waals surface area contributed by atoms with Crippen LogP contribution in [-0.4, -0.2) is 15.1 Å². The zero-order valence-corrected chi connectivity index (χ0v) is 8.73. The molecule has 14 heavy (non-hydrogen) atoms. The maximum absolute atomic E-state index is 4.90. The van der Waals surface area contributed by atoms with Crippen molar-refractivity contribution in [3.05, 3.63) is 34.9 Å². The van der Waals surface area contributed by atoms with Crippen LogP contribution >= 0.6 is 15.9 Å². The number of anilines is 1. The number of rotatable bonds is 3. The van der Waals surface area contributed by atoms with E-state index >= 15 is 0 Å². The van der Waals surface area contributed by atoms with Crippen molar-refractivity contribution < 1.29 is 4.52 Å². The molecular formula is C8H7BrN4O. The first-order valence-corrected chi connectivity index (χ1v) is 4.75. The molecule has 0 amide bonds. The van der Waals surface area contributed by atoms with Gasteiger partial charge in [-0.2, -0.15) is 0 Å². The fourth-order valence-corrected chi connectivity index (χ4v) is 1.11. The topological polar surface area (TPSA) is 63.8 Å². The molecule has 0 aliphatic heterocycles. The molecule has 0 saturated carbocycles. The molecule has 2 aromatic heterocycles. The second kappa shape index (κ2) is 4.19. The molecule has 0 fully saturated rings. The molecule has 2 heterocycles. The molecule has 0 radical (unpaired) electrons. The van der Waals surface area contributed by atoms with Gasteiger partial charge in [-0.25, -0.2) is 9.97 Å². The Labute approximate surface area is 88.7 Å². The molecule has 1 N–H and O–H groups in total. The van der Waals surface area contributed by atoms with E-state index in [0.29, 0.717) is 12.5 Å². The number of nitrogens with one attached hydrogen (secondary N) is 1. The molecule has 2 rings (SSSR count). The summed E-state index contributed by atoms with van der Waals surface area (Å²) in [6.07, 6.45) is 4.95. The van der Waals surface area contributed by atoms with Crippen molar-refractivity contribution in [1.29, 1.82) is 0 Å². The summed E-state index contributed by atoms with van der Waals surface area (Å²) >= 11 is 3.25. The largest absolute Gasteiger partial charge is 0.360 e. The average molecular weight is 255 g/mol. The third-order valence-electron chi connectivity index (χ3n) is 1.53. The molecule has 0 aromatic carbocycles. The predicted octanol–water partition coefficient (Wildman–Crippen LogP) is 1.84. The maximum Gasteiger partial charge on any atom is 0.223 e. The zero-order chi connectivity index (χ0) is 9.80. The van der Waals surface area contributed by atoms with Crippen molar-refractivity contribution in [2.24, 2.45) is 0 Å². The van der Waals surface area contributed by atoms with Gasteiger partial charge in [0.05, 0.1) is 17.2 Å². The SMILES string of the molecule is Brc1cnc(NCc2ccno2)nc1. The van der Waals surface area contributed by atoms with Crippen LogP contribution in [0.3, 0.4) is 0 Å². The van der Waals surface area contributed by atoms with Gasteiger partial charge < -0.3 is 9.84 Å². The van der Waals surface area contributed by atoms with Crippen LogP contribution in [-0.2, 0) is 6.54 Å². The van der Waals surface area contributed by atoms with E-state index in [2.05, 4.69) is 36.4 Å². The van der Waals surface area contributed by atoms with Gasteiger partial charge in [-0.3, -0.25) is 0 Å². The molecular weight excluding hydrogens is 248 g/mol. The van der Waals surface area contributed by atoms with E-state index in [9.17, 15) is 0 Å². The first kappa shape index (κ1) is 9.14. The van der Waals surface area contributed by atoms with Crippen LogP contribution < -0.4 is 5.32 Å². The lowest BCUT2D eigenvalue weighted by Crippen LogP contribution is -2.01. The fraction of sp³-hybridized carbons (Fsp3) is 0.125. The second-order valence-electron chi connectivity index (χ2n) is 2.56. The summed E-state index contributed by atoms with van der Waals surface area (Å²) in [5, 5.41) is 6.58. The Bertz CT molecular complexity index is 386. The monoisotopic (exact) mass is 254 g/mol. The lowest BCUT2D eigenvalue weighted by atomic mass is 10.4. The van der Waals surface area contributed by atoms with E-state index in [1.165, 1.54) is 0 Å². The summed E-state index contributed by atoms with van der Waals surface area (Å²) in [6.45, 7) is 0.529. The van der Waals surface area contributed by atoms with Crippen molar-refractivity contribution in [2.45, 2.75) is 6.54 Å². The van der Waals surface area contributed by atoms with Gasteiger partial charge in [0, 0.05) is 18.5 Å². The maximum atomic E-state index is 4.90. The van der Waals surface area contributed by atoms with Gasteiger partial charge in [0.2, 0.25) is 5.95 Å². The van der Waals surface area contributed by atoms with E-state index in [1.54, 1.807) is 24.7 Å². The van der Waals surface area contributed by atoms with Gasteiger partial charge in [-0.1, -0.05) is 5.16 Å². The summed E-state index contributed by atoms with van der Waals surface area (Å²) in [6, 6.07) is 1.78. The quantitative estimate of drug-likeness (QED) is 0.906. The van der Waals surface area contributed by atoms with Gasteiger partial charge in [-0.05, 0) is 15.9 Å². The first-order valence-electron chi connectivity index (χ1n) is 3.95. The highest BCUT2D eigenvalue weighted by Gasteiger charge is 1.98. The summed E-state index contributed by atoms with van der Waals surface area (Å²) in [5.74, 6) is 1.31. The van der Waals surface area contributed by atoms with Gasteiger partial charge in [-0.15, -0.1) is 0 Å². The van der Waals surface area contributed by atoms with E-state index in [1.807, 2.05) is 0 Å². The number of halogens is 1.